The number of allylic oxidation sites excluding steroid dienone is 2. The van der Waals surface area contributed by atoms with Gasteiger partial charge in [0.2, 0.25) is 0 Å². The standard InChI is InChI=1S/C15H16S/c1-12-7-3-2-4-8-13(11-12)14-9-5-6-10-15(14)16/h5-6,9-11,13,16H,2-3,7H2,1H3/b12-11-. The summed E-state index contributed by atoms with van der Waals surface area (Å²) in [6.07, 6.45) is 5.64. The van der Waals surface area contributed by atoms with Gasteiger partial charge in [0.15, 0.2) is 0 Å². The van der Waals surface area contributed by atoms with Gasteiger partial charge in [-0.2, -0.15) is 0 Å². The van der Waals surface area contributed by atoms with Gasteiger partial charge in [-0.3, -0.25) is 0 Å². The van der Waals surface area contributed by atoms with Gasteiger partial charge in [0.25, 0.3) is 0 Å². The molecule has 16 heavy (non-hydrogen) atoms. The van der Waals surface area contributed by atoms with E-state index < -0.39 is 0 Å². The summed E-state index contributed by atoms with van der Waals surface area (Å²) in [5, 5.41) is 0. The van der Waals surface area contributed by atoms with Crippen LogP contribution >= 0.6 is 12.6 Å². The molecule has 1 atom stereocenters. The lowest BCUT2D eigenvalue weighted by Gasteiger charge is -2.12. The van der Waals surface area contributed by atoms with Crippen molar-refractivity contribution in [3.63, 3.8) is 0 Å². The Bertz CT molecular complexity index is 460. The molecule has 0 heterocycles. The van der Waals surface area contributed by atoms with Crippen LogP contribution in [0.15, 0.2) is 40.8 Å². The first kappa shape index (κ1) is 11.4. The lowest BCUT2D eigenvalue weighted by molar-refractivity contribution is 0.827. The minimum atomic E-state index is 0.217. The van der Waals surface area contributed by atoms with Crippen LogP contribution in [0.5, 0.6) is 0 Å². The number of benzene rings is 1. The van der Waals surface area contributed by atoms with E-state index in [-0.39, 0.29) is 5.92 Å². The van der Waals surface area contributed by atoms with Gasteiger partial charge in [-0.25, -0.2) is 0 Å². The monoisotopic (exact) mass is 228 g/mol. The van der Waals surface area contributed by atoms with Gasteiger partial charge in [-0.1, -0.05) is 35.8 Å². The first-order valence-electron chi connectivity index (χ1n) is 5.71. The molecule has 1 aromatic carbocycles. The van der Waals surface area contributed by atoms with Crippen LogP contribution in [0.3, 0.4) is 0 Å². The molecule has 82 valence electrons. The zero-order chi connectivity index (χ0) is 11.4. The molecule has 0 N–H and O–H groups in total. The second-order valence-corrected chi connectivity index (χ2v) is 4.71. The molecular formula is C15H16S. The Morgan fingerprint density at radius 1 is 1.31 bits per heavy atom. The minimum Gasteiger partial charge on any atom is -0.143 e. The number of hydrogen-bond donors (Lipinski definition) is 1. The maximum Gasteiger partial charge on any atom is 0.0646 e. The molecular weight excluding hydrogens is 212 g/mol. The van der Waals surface area contributed by atoms with Crippen molar-refractivity contribution in [1.82, 2.24) is 0 Å². The van der Waals surface area contributed by atoms with Gasteiger partial charge in [0.05, 0.1) is 5.92 Å². The molecule has 0 aliphatic heterocycles. The summed E-state index contributed by atoms with van der Waals surface area (Å²) < 4.78 is 0. The quantitative estimate of drug-likeness (QED) is 0.416. The first-order valence-corrected chi connectivity index (χ1v) is 6.15. The molecule has 0 amide bonds. The van der Waals surface area contributed by atoms with Crippen molar-refractivity contribution >= 4 is 12.6 Å². The van der Waals surface area contributed by atoms with Crippen molar-refractivity contribution in [3.8, 4) is 11.8 Å². The fraction of sp³-hybridized carbons (Fsp3) is 0.333. The van der Waals surface area contributed by atoms with Gasteiger partial charge in [0.1, 0.15) is 0 Å². The van der Waals surface area contributed by atoms with Crippen molar-refractivity contribution in [1.29, 1.82) is 0 Å². The van der Waals surface area contributed by atoms with E-state index >= 15 is 0 Å². The fourth-order valence-electron chi connectivity index (χ4n) is 1.97. The van der Waals surface area contributed by atoms with Crippen molar-refractivity contribution in [3.05, 3.63) is 41.5 Å². The molecule has 1 heteroatoms. The molecule has 0 spiro atoms. The maximum atomic E-state index is 4.50. The predicted molar refractivity (Wildman–Crippen MR) is 71.8 cm³/mol. The van der Waals surface area contributed by atoms with Crippen LogP contribution in [-0.2, 0) is 0 Å². The van der Waals surface area contributed by atoms with E-state index in [1.54, 1.807) is 0 Å². The molecule has 1 aliphatic carbocycles. The second-order valence-electron chi connectivity index (χ2n) is 4.22. The summed E-state index contributed by atoms with van der Waals surface area (Å²) in [6, 6.07) is 8.21. The molecule has 0 saturated carbocycles. The Balaban J connectivity index is 2.38. The van der Waals surface area contributed by atoms with Gasteiger partial charge in [-0.15, -0.1) is 18.5 Å². The third-order valence-electron chi connectivity index (χ3n) is 2.85. The highest BCUT2D eigenvalue weighted by atomic mass is 32.1. The normalized spacial score (nSPS) is 23.4. The fourth-order valence-corrected chi connectivity index (χ4v) is 2.26. The molecule has 0 aromatic heterocycles. The topological polar surface area (TPSA) is 0 Å². The van der Waals surface area contributed by atoms with Crippen molar-refractivity contribution in [2.24, 2.45) is 0 Å². The van der Waals surface area contributed by atoms with Crippen molar-refractivity contribution < 1.29 is 0 Å². The highest BCUT2D eigenvalue weighted by Gasteiger charge is 2.09. The molecule has 1 aliphatic rings. The highest BCUT2D eigenvalue weighted by molar-refractivity contribution is 7.80. The predicted octanol–water partition coefficient (Wildman–Crippen LogP) is 4.19. The molecule has 2 rings (SSSR count). The van der Waals surface area contributed by atoms with Crippen LogP contribution in [0.2, 0.25) is 0 Å². The molecule has 1 unspecified atom stereocenters. The van der Waals surface area contributed by atoms with Gasteiger partial charge < -0.3 is 0 Å². The van der Waals surface area contributed by atoms with Crippen LogP contribution < -0.4 is 0 Å². The van der Waals surface area contributed by atoms with E-state index in [4.69, 9.17) is 0 Å². The van der Waals surface area contributed by atoms with E-state index in [1.165, 1.54) is 24.0 Å². The third-order valence-corrected chi connectivity index (χ3v) is 3.26. The van der Waals surface area contributed by atoms with Crippen LogP contribution in [0.1, 0.15) is 37.7 Å². The third kappa shape index (κ3) is 2.71. The SMILES string of the molecule is C/C1=C/C(c2ccccc2S)C#CCCC1. The first-order chi connectivity index (χ1) is 7.77. The molecule has 0 fully saturated rings. The molecule has 0 nitrogen and oxygen atoms in total. The van der Waals surface area contributed by atoms with Gasteiger partial charge >= 0.3 is 0 Å². The summed E-state index contributed by atoms with van der Waals surface area (Å²) >= 11 is 4.50. The number of hydrogen-bond acceptors (Lipinski definition) is 1. The van der Waals surface area contributed by atoms with E-state index in [2.05, 4.69) is 49.6 Å². The average molecular weight is 228 g/mol. The average Bonchev–Trinajstić information content (AvgIpc) is 2.24. The molecule has 0 bridgehead atoms. The van der Waals surface area contributed by atoms with Gasteiger partial charge in [0, 0.05) is 11.3 Å². The van der Waals surface area contributed by atoms with Crippen LogP contribution in [0.25, 0.3) is 0 Å². The highest BCUT2D eigenvalue weighted by Crippen LogP contribution is 2.26. The second kappa shape index (κ2) is 5.27. The van der Waals surface area contributed by atoms with Gasteiger partial charge in [-0.05, 0) is 31.4 Å². The molecule has 0 radical (unpaired) electrons. The Hall–Kier alpha value is -1.13. The van der Waals surface area contributed by atoms with E-state index in [1.807, 2.05) is 12.1 Å². The lowest BCUT2D eigenvalue weighted by atomic mass is 9.94. The smallest absolute Gasteiger partial charge is 0.0646 e. The zero-order valence-electron chi connectivity index (χ0n) is 9.53. The minimum absolute atomic E-state index is 0.217. The lowest BCUT2D eigenvalue weighted by Crippen LogP contribution is -1.97. The van der Waals surface area contributed by atoms with Crippen LogP contribution in [0, 0.1) is 11.8 Å². The van der Waals surface area contributed by atoms with Crippen LogP contribution in [0.4, 0.5) is 0 Å². The van der Waals surface area contributed by atoms with E-state index in [0.717, 1.165) is 11.3 Å². The summed E-state index contributed by atoms with van der Waals surface area (Å²) in [7, 11) is 0. The molecule has 1 aromatic rings. The summed E-state index contributed by atoms with van der Waals surface area (Å²) in [5.74, 6) is 6.81. The summed E-state index contributed by atoms with van der Waals surface area (Å²) in [6.45, 7) is 2.20. The Morgan fingerprint density at radius 2 is 2.12 bits per heavy atom. The Morgan fingerprint density at radius 3 is 2.94 bits per heavy atom. The van der Waals surface area contributed by atoms with Crippen LogP contribution in [-0.4, -0.2) is 0 Å². The zero-order valence-corrected chi connectivity index (χ0v) is 10.4. The number of thiol groups is 1. The van der Waals surface area contributed by atoms with Crippen molar-refractivity contribution in [2.45, 2.75) is 37.0 Å². The largest absolute Gasteiger partial charge is 0.143 e. The molecule has 0 saturated heterocycles. The van der Waals surface area contributed by atoms with E-state index in [0.29, 0.717) is 0 Å². The Labute approximate surface area is 103 Å². The Kier molecular flexibility index (Phi) is 3.74. The van der Waals surface area contributed by atoms with E-state index in [9.17, 15) is 0 Å². The van der Waals surface area contributed by atoms with Crippen molar-refractivity contribution in [2.75, 3.05) is 0 Å². The maximum absolute atomic E-state index is 4.50. The number of rotatable bonds is 1. The summed E-state index contributed by atoms with van der Waals surface area (Å²) in [5.41, 5.74) is 2.66. The summed E-state index contributed by atoms with van der Waals surface area (Å²) in [4.78, 5) is 1.03.